The average molecular weight is 310 g/mol. The number of methoxy groups -OCH3 is 1. The molecule has 1 amide bonds. The smallest absolute Gasteiger partial charge is 0.404 e. The summed E-state index contributed by atoms with van der Waals surface area (Å²) in [5, 5.41) is 14.1. The van der Waals surface area contributed by atoms with Crippen molar-refractivity contribution < 1.29 is 14.6 Å². The summed E-state index contributed by atoms with van der Waals surface area (Å²) in [6, 6.07) is -0.226. The van der Waals surface area contributed by atoms with E-state index in [9.17, 15) is 14.4 Å². The second-order valence-electron chi connectivity index (χ2n) is 5.83. The first-order chi connectivity index (χ1) is 10.5. The maximum atomic E-state index is 11.6. The maximum absolute atomic E-state index is 11.6. The first kappa shape index (κ1) is 16.3. The minimum atomic E-state index is -1.10. The zero-order chi connectivity index (χ0) is 16.1. The van der Waals surface area contributed by atoms with Crippen molar-refractivity contribution in [2.45, 2.75) is 44.6 Å². The van der Waals surface area contributed by atoms with E-state index in [1.165, 1.54) is 26.4 Å². The summed E-state index contributed by atoms with van der Waals surface area (Å²) in [5.41, 5.74) is -1.06. The Kier molecular flexibility index (Phi) is 5.41. The zero-order valence-electron chi connectivity index (χ0n) is 12.7. The van der Waals surface area contributed by atoms with Crippen molar-refractivity contribution in [3.05, 3.63) is 20.4 Å². The van der Waals surface area contributed by atoms with Crippen LogP contribution in [0.4, 0.5) is 10.5 Å². The van der Waals surface area contributed by atoms with Gasteiger partial charge in [-0.1, -0.05) is 32.1 Å². The Hall–Kier alpha value is -2.05. The molecule has 0 saturated heterocycles. The van der Waals surface area contributed by atoms with Gasteiger partial charge >= 0.3 is 6.09 Å². The van der Waals surface area contributed by atoms with Crippen LogP contribution in [0.5, 0.6) is 5.75 Å². The van der Waals surface area contributed by atoms with Crippen LogP contribution in [-0.4, -0.2) is 30.9 Å². The van der Waals surface area contributed by atoms with Gasteiger partial charge in [0.05, 0.1) is 7.11 Å². The monoisotopic (exact) mass is 310 g/mol. The van der Waals surface area contributed by atoms with Crippen LogP contribution >= 0.6 is 0 Å². The quantitative estimate of drug-likeness (QED) is 0.656. The summed E-state index contributed by atoms with van der Waals surface area (Å²) in [6.45, 7) is 0.188. The minimum Gasteiger partial charge on any atom is -0.491 e. The molecular weight excluding hydrogens is 288 g/mol. The van der Waals surface area contributed by atoms with Gasteiger partial charge in [-0.3, -0.25) is 9.59 Å². The molecule has 0 aromatic heterocycles. The molecule has 0 heterocycles. The zero-order valence-corrected chi connectivity index (χ0v) is 12.7. The Morgan fingerprint density at radius 3 is 2.55 bits per heavy atom. The molecule has 7 heteroatoms. The van der Waals surface area contributed by atoms with Crippen molar-refractivity contribution in [1.29, 1.82) is 0 Å². The van der Waals surface area contributed by atoms with Crippen molar-refractivity contribution in [1.82, 2.24) is 5.32 Å². The van der Waals surface area contributed by atoms with Gasteiger partial charge in [-0.25, -0.2) is 4.79 Å². The van der Waals surface area contributed by atoms with Gasteiger partial charge in [0.15, 0.2) is 5.75 Å². The van der Waals surface area contributed by atoms with E-state index in [1.807, 2.05) is 0 Å². The van der Waals surface area contributed by atoms with Crippen molar-refractivity contribution in [2.24, 2.45) is 5.92 Å². The van der Waals surface area contributed by atoms with Crippen molar-refractivity contribution in [3.8, 4) is 5.75 Å². The number of hydrogen-bond donors (Lipinski definition) is 3. The summed E-state index contributed by atoms with van der Waals surface area (Å²) in [5.74, 6) is 0.549. The number of carbonyl (C=O) groups is 1. The van der Waals surface area contributed by atoms with Crippen LogP contribution in [0, 0.1) is 5.92 Å². The second-order valence-corrected chi connectivity index (χ2v) is 5.83. The van der Waals surface area contributed by atoms with E-state index in [4.69, 9.17) is 9.84 Å². The van der Waals surface area contributed by atoms with Crippen molar-refractivity contribution >= 4 is 11.8 Å². The normalized spacial score (nSPS) is 17.1. The number of amides is 1. The average Bonchev–Trinajstić information content (AvgIpc) is 2.52. The van der Waals surface area contributed by atoms with Crippen molar-refractivity contribution in [3.63, 3.8) is 0 Å². The Bertz CT molecular complexity index is 585. The third kappa shape index (κ3) is 3.78. The Balaban J connectivity index is 2.02. The lowest BCUT2D eigenvalue weighted by atomic mass is 9.84. The van der Waals surface area contributed by atoms with E-state index >= 15 is 0 Å². The molecule has 1 fully saturated rings. The Labute approximate surface area is 128 Å². The molecule has 2 rings (SSSR count). The highest BCUT2D eigenvalue weighted by Crippen LogP contribution is 2.28. The predicted molar refractivity (Wildman–Crippen MR) is 82.5 cm³/mol. The molecule has 1 unspecified atom stereocenters. The third-order valence-corrected chi connectivity index (χ3v) is 4.26. The van der Waals surface area contributed by atoms with Crippen LogP contribution in [0.15, 0.2) is 9.59 Å². The van der Waals surface area contributed by atoms with Crippen molar-refractivity contribution in [2.75, 3.05) is 19.0 Å². The predicted octanol–water partition coefficient (Wildman–Crippen LogP) is 1.31. The lowest BCUT2D eigenvalue weighted by Crippen LogP contribution is -2.42. The highest BCUT2D eigenvalue weighted by Gasteiger charge is 2.26. The fraction of sp³-hybridized carbons (Fsp3) is 0.667. The topological polar surface area (TPSA) is 105 Å². The Morgan fingerprint density at radius 1 is 1.27 bits per heavy atom. The van der Waals surface area contributed by atoms with Crippen LogP contribution in [0.2, 0.25) is 0 Å². The van der Waals surface area contributed by atoms with E-state index in [-0.39, 0.29) is 24.0 Å². The number of nitrogens with one attached hydrogen (secondary N) is 2. The number of rotatable bonds is 7. The van der Waals surface area contributed by atoms with E-state index in [0.29, 0.717) is 5.92 Å². The van der Waals surface area contributed by atoms with E-state index in [1.54, 1.807) is 0 Å². The first-order valence-electron chi connectivity index (χ1n) is 7.63. The molecule has 1 aromatic rings. The number of anilines is 1. The maximum Gasteiger partial charge on any atom is 0.404 e. The summed E-state index contributed by atoms with van der Waals surface area (Å²) in [4.78, 5) is 33.7. The first-order valence-corrected chi connectivity index (χ1v) is 7.63. The molecule has 122 valence electrons. The lowest BCUT2D eigenvalue weighted by molar-refractivity contribution is 0.193. The van der Waals surface area contributed by atoms with Gasteiger partial charge in [0.1, 0.15) is 5.69 Å². The van der Waals surface area contributed by atoms with E-state index in [0.717, 1.165) is 19.3 Å². The molecule has 0 bridgehead atoms. The van der Waals surface area contributed by atoms with Gasteiger partial charge in [-0.05, 0) is 12.3 Å². The van der Waals surface area contributed by atoms with Crippen LogP contribution in [0.3, 0.4) is 0 Å². The standard InChI is InChI=1S/C15H22N2O5/c1-22-14-11(12(18)13(14)19)17-10(8-16-15(20)21)7-9-5-3-2-4-6-9/h9-10,16-17H,2-8H2,1H3,(H,20,21). The summed E-state index contributed by atoms with van der Waals surface area (Å²) in [6.07, 6.45) is 5.52. The molecule has 0 spiro atoms. The van der Waals surface area contributed by atoms with Crippen LogP contribution in [0.25, 0.3) is 0 Å². The van der Waals surface area contributed by atoms with Gasteiger partial charge in [-0.15, -0.1) is 0 Å². The van der Waals surface area contributed by atoms with Gasteiger partial charge < -0.3 is 20.5 Å². The van der Waals surface area contributed by atoms with Crippen LogP contribution in [-0.2, 0) is 0 Å². The van der Waals surface area contributed by atoms with Gasteiger partial charge in [0, 0.05) is 12.6 Å². The van der Waals surface area contributed by atoms with E-state index < -0.39 is 17.0 Å². The molecule has 22 heavy (non-hydrogen) atoms. The number of ether oxygens (including phenoxy) is 1. The molecule has 7 nitrogen and oxygen atoms in total. The number of carboxylic acid groups (broad SMARTS) is 1. The molecular formula is C15H22N2O5. The van der Waals surface area contributed by atoms with E-state index in [2.05, 4.69) is 10.6 Å². The SMILES string of the molecule is COc1c(NC(CNC(=O)O)CC2CCCCC2)c(=O)c1=O. The molecule has 1 aliphatic rings. The molecule has 0 aliphatic heterocycles. The molecule has 1 aliphatic carbocycles. The summed E-state index contributed by atoms with van der Waals surface area (Å²) < 4.78 is 4.91. The molecule has 1 atom stereocenters. The second kappa shape index (κ2) is 7.29. The van der Waals surface area contributed by atoms with Crippen LogP contribution in [0.1, 0.15) is 38.5 Å². The van der Waals surface area contributed by atoms with Gasteiger partial charge in [0.25, 0.3) is 10.9 Å². The highest BCUT2D eigenvalue weighted by atomic mass is 16.5. The largest absolute Gasteiger partial charge is 0.491 e. The highest BCUT2D eigenvalue weighted by molar-refractivity contribution is 5.65. The molecule has 0 radical (unpaired) electrons. The fourth-order valence-corrected chi connectivity index (χ4v) is 3.13. The molecule has 1 saturated carbocycles. The third-order valence-electron chi connectivity index (χ3n) is 4.26. The number of hydrogen-bond acceptors (Lipinski definition) is 5. The van der Waals surface area contributed by atoms with Gasteiger partial charge in [-0.2, -0.15) is 0 Å². The molecule has 3 N–H and O–H groups in total. The summed E-state index contributed by atoms with van der Waals surface area (Å²) in [7, 11) is 1.34. The minimum absolute atomic E-state index is 0.0361. The molecule has 1 aromatic carbocycles. The fourth-order valence-electron chi connectivity index (χ4n) is 3.13. The lowest BCUT2D eigenvalue weighted by Gasteiger charge is -2.28. The van der Waals surface area contributed by atoms with Crippen LogP contribution < -0.4 is 26.2 Å². The Morgan fingerprint density at radius 2 is 1.95 bits per heavy atom. The van der Waals surface area contributed by atoms with Gasteiger partial charge in [0.2, 0.25) is 0 Å². The summed E-state index contributed by atoms with van der Waals surface area (Å²) >= 11 is 0.